The number of thioether (sulfide) groups is 1. The van der Waals surface area contributed by atoms with Crippen LogP contribution in [-0.2, 0) is 14.4 Å². The molecule has 4 aliphatic heterocycles. The van der Waals surface area contributed by atoms with Gasteiger partial charge in [-0.25, -0.2) is 14.0 Å². The number of β-lactam (4-membered cyclic amide) rings is 1. The molecule has 5 heterocycles. The molecule has 17 heteroatoms. The Labute approximate surface area is 357 Å². The van der Waals surface area contributed by atoms with Crippen molar-refractivity contribution >= 4 is 123 Å². The van der Waals surface area contributed by atoms with Crippen LogP contribution in [0.3, 0.4) is 0 Å². The first-order chi connectivity index (χ1) is 24.5. The molecule has 1 unspecified atom stereocenters. The minimum absolute atomic E-state index is 0. The number of carboxylic acid groups (broad SMARTS) is 2. The summed E-state index contributed by atoms with van der Waals surface area (Å²) in [5, 5.41) is 22.7. The van der Waals surface area contributed by atoms with Gasteiger partial charge in [0, 0.05) is 115 Å². The Morgan fingerprint density at radius 2 is 1.75 bits per heavy atom. The van der Waals surface area contributed by atoms with Gasteiger partial charge in [-0.05, 0) is 43.2 Å². The summed E-state index contributed by atoms with van der Waals surface area (Å²) in [6.07, 6.45) is 3.56. The average molecular weight is 782 g/mol. The van der Waals surface area contributed by atoms with Crippen molar-refractivity contribution in [2.75, 3.05) is 30.3 Å². The smallest absolute Gasteiger partial charge is 0.352 e. The van der Waals surface area contributed by atoms with Crippen LogP contribution in [0.25, 0.3) is 10.9 Å². The predicted octanol–water partition coefficient (Wildman–Crippen LogP) is 3.47. The predicted molar refractivity (Wildman–Crippen MR) is 200 cm³/mol. The van der Waals surface area contributed by atoms with Gasteiger partial charge in [-0.15, -0.1) is 11.8 Å². The van der Waals surface area contributed by atoms with Gasteiger partial charge in [0.15, 0.2) is 0 Å². The summed E-state index contributed by atoms with van der Waals surface area (Å²) in [4.78, 5) is 69.5. The molecule has 2 radical (unpaired) electrons. The van der Waals surface area contributed by atoms with Crippen molar-refractivity contribution in [2.45, 2.75) is 62.1 Å². The summed E-state index contributed by atoms with van der Waals surface area (Å²) in [7, 11) is 0. The van der Waals surface area contributed by atoms with Gasteiger partial charge in [-0.2, -0.15) is 0 Å². The van der Waals surface area contributed by atoms with Crippen LogP contribution in [-0.4, -0.2) is 150 Å². The van der Waals surface area contributed by atoms with E-state index < -0.39 is 40.8 Å². The first-order valence-corrected chi connectivity index (χ1v) is 18.4. The molecule has 0 bridgehead atoms. The first kappa shape index (κ1) is 40.3. The molecule has 0 spiro atoms. The molecule has 3 N–H and O–H groups in total. The van der Waals surface area contributed by atoms with E-state index >= 15 is 4.39 Å². The zero-order valence-electron chi connectivity index (χ0n) is 29.6. The van der Waals surface area contributed by atoms with Crippen LogP contribution in [0.4, 0.5) is 10.1 Å². The molecule has 2 aromatic carbocycles. The van der Waals surface area contributed by atoms with Gasteiger partial charge in [0.1, 0.15) is 23.2 Å². The molecule has 3 aromatic rings. The number of hydrogen-bond acceptors (Lipinski definition) is 8. The fourth-order valence-corrected chi connectivity index (χ4v) is 10.4. The second-order valence-corrected chi connectivity index (χ2v) is 15.4. The second-order valence-electron chi connectivity index (χ2n) is 13.9. The number of hydrogen-bond donors (Lipinski definition) is 3. The van der Waals surface area contributed by atoms with Gasteiger partial charge in [-0.1, -0.05) is 41.9 Å². The molecule has 1 aromatic heterocycles. The number of pyridine rings is 1. The number of likely N-dealkylation sites (tertiary alicyclic amines) is 1. The number of fused-ring (bicyclic) bond motifs is 3. The molecule has 268 valence electrons. The third-order valence-electron chi connectivity index (χ3n) is 10.9. The van der Waals surface area contributed by atoms with Crippen molar-refractivity contribution in [1.29, 1.82) is 0 Å². The number of nitrogens with zero attached hydrogens (tertiary/aromatic N) is 4. The van der Waals surface area contributed by atoms with Crippen molar-refractivity contribution in [3.63, 3.8) is 0 Å². The molecule has 3 saturated heterocycles. The summed E-state index contributed by atoms with van der Waals surface area (Å²) in [5.74, 6) is -4.23. The van der Waals surface area contributed by atoms with Crippen molar-refractivity contribution in [3.05, 3.63) is 86.1 Å². The zero-order valence-corrected chi connectivity index (χ0v) is 35.1. The van der Waals surface area contributed by atoms with Crippen LogP contribution in [0.1, 0.15) is 60.5 Å². The number of aromatic nitrogens is 1. The number of carbonyl (C=O) groups excluding carboxylic acids is 2. The van der Waals surface area contributed by atoms with Gasteiger partial charge < -0.3 is 25.0 Å². The number of nitrogens with one attached hydrogen (secondary N) is 1. The Morgan fingerprint density at radius 3 is 2.40 bits per heavy atom. The molecule has 1 saturated carbocycles. The monoisotopic (exact) mass is 781 g/mol. The van der Waals surface area contributed by atoms with Gasteiger partial charge in [-0.3, -0.25) is 24.2 Å². The third-order valence-corrected chi connectivity index (χ3v) is 12.5. The fourth-order valence-electron chi connectivity index (χ4n) is 8.48. The third kappa shape index (κ3) is 6.90. The molecule has 1 aliphatic carbocycles. The molecule has 5 atom stereocenters. The maximum atomic E-state index is 16.1. The number of piperidine rings is 1. The maximum absolute atomic E-state index is 16.1. The van der Waals surface area contributed by atoms with Gasteiger partial charge >= 0.3 is 11.9 Å². The van der Waals surface area contributed by atoms with E-state index in [4.69, 9.17) is 11.6 Å². The van der Waals surface area contributed by atoms with Crippen molar-refractivity contribution in [2.24, 2.45) is 5.92 Å². The fraction of sp³-hybridized carbons (Fsp3) is 0.417. The van der Waals surface area contributed by atoms with Crippen LogP contribution in [0.15, 0.2) is 58.7 Å². The van der Waals surface area contributed by atoms with E-state index in [1.807, 2.05) is 35.2 Å². The SMILES string of the molecule is CC(=O)NC(C1=C(C(=O)O)N2C(=O)[C@@H](c3ccccc3)[C@H]2SC1)N1CCC[C@H]2CN(c3c(F)cc4c(=O)c(C(=O)O)cn(C5CC5)c4c3Cl)C[C@H]21.[Na].[Na]. The summed E-state index contributed by atoms with van der Waals surface area (Å²) in [6.45, 7) is 2.61. The Morgan fingerprint density at radius 1 is 1.04 bits per heavy atom. The van der Waals surface area contributed by atoms with Crippen LogP contribution < -0.4 is 15.6 Å². The topological polar surface area (TPSA) is 152 Å². The number of anilines is 1. The standard InChI is InChI=1S/C36H35ClFN5O7S.2Na/c1-17(44)39-32(23-16-51-34-26(18-6-3-2-4-7-18)33(46)43(34)29(23)36(49)50)41-11-5-8-19-13-40(15-25(19)41)30-24(38)12-21-28(27(30)37)42(20-9-10-20)14-22(31(21)45)35(47)48;;/h2-4,6-7,12,14,19-20,25-26,32,34H,5,8-11,13,15-16H2,1H3,(H,39,44)(H,47,48)(H,49,50);;/t19-,25+,26+,32?,34+;;/m0../s1. The molecular formula is C36H35ClFN5Na2O7S. The van der Waals surface area contributed by atoms with Crippen LogP contribution in [0, 0.1) is 11.7 Å². The molecule has 2 amide bonds. The zero-order chi connectivity index (χ0) is 35.9. The first-order valence-electron chi connectivity index (χ1n) is 17.0. The Bertz CT molecular complexity index is 2120. The molecule has 4 fully saturated rings. The van der Waals surface area contributed by atoms with Gasteiger partial charge in [0.05, 0.1) is 32.9 Å². The number of aliphatic carboxylic acids is 1. The van der Waals surface area contributed by atoms with Crippen molar-refractivity contribution in [1.82, 2.24) is 19.7 Å². The number of halogens is 2. The van der Waals surface area contributed by atoms with E-state index in [1.165, 1.54) is 29.8 Å². The van der Waals surface area contributed by atoms with Gasteiger partial charge in [0.25, 0.3) is 0 Å². The number of aromatic carboxylic acids is 1. The van der Waals surface area contributed by atoms with E-state index in [9.17, 15) is 34.2 Å². The number of carboxylic acids is 2. The van der Waals surface area contributed by atoms with Crippen molar-refractivity contribution in [3.8, 4) is 0 Å². The minimum Gasteiger partial charge on any atom is -0.477 e. The molecule has 53 heavy (non-hydrogen) atoms. The Kier molecular flexibility index (Phi) is 11.9. The molecule has 5 aliphatic rings. The summed E-state index contributed by atoms with van der Waals surface area (Å²) >= 11 is 8.45. The molecule has 8 rings (SSSR count). The quantitative estimate of drug-likeness (QED) is 0.229. The number of benzene rings is 2. The van der Waals surface area contributed by atoms with E-state index in [0.29, 0.717) is 30.7 Å². The maximum Gasteiger partial charge on any atom is 0.352 e. The van der Waals surface area contributed by atoms with E-state index in [-0.39, 0.29) is 122 Å². The van der Waals surface area contributed by atoms with Gasteiger partial charge in [0.2, 0.25) is 17.2 Å². The van der Waals surface area contributed by atoms with Crippen molar-refractivity contribution < 1.29 is 33.8 Å². The summed E-state index contributed by atoms with van der Waals surface area (Å²) in [6, 6.07) is 10.1. The van der Waals surface area contributed by atoms with Crippen LogP contribution in [0.5, 0.6) is 0 Å². The van der Waals surface area contributed by atoms with E-state index in [2.05, 4.69) is 10.2 Å². The number of amides is 2. The Hall–Kier alpha value is -2.40. The largest absolute Gasteiger partial charge is 0.477 e. The minimum atomic E-state index is -1.39. The molecule has 12 nitrogen and oxygen atoms in total. The van der Waals surface area contributed by atoms with E-state index in [1.54, 1.807) is 4.57 Å². The molecular weight excluding hydrogens is 747 g/mol. The number of carbonyl (C=O) groups is 4. The number of rotatable bonds is 8. The Balaban J connectivity index is 0.00000240. The van der Waals surface area contributed by atoms with Crippen LogP contribution in [0.2, 0.25) is 5.02 Å². The van der Waals surface area contributed by atoms with Crippen LogP contribution >= 0.6 is 23.4 Å². The normalized spacial score (nSPS) is 24.4. The van der Waals surface area contributed by atoms with E-state index in [0.717, 1.165) is 37.3 Å². The summed E-state index contributed by atoms with van der Waals surface area (Å²) in [5.41, 5.74) is 0.306. The summed E-state index contributed by atoms with van der Waals surface area (Å²) < 4.78 is 17.8. The second kappa shape index (κ2) is 15.6. The average Bonchev–Trinajstić information content (AvgIpc) is 3.85.